The molecule has 3 aromatic heterocycles. The molecule has 0 radical (unpaired) electrons. The summed E-state index contributed by atoms with van der Waals surface area (Å²) in [5.41, 5.74) is 6.07. The van der Waals surface area contributed by atoms with Gasteiger partial charge in [-0.1, -0.05) is 19.9 Å². The van der Waals surface area contributed by atoms with E-state index in [-0.39, 0.29) is 11.3 Å². The Hall–Kier alpha value is -3.22. The number of fused-ring (bicyclic) bond motifs is 1. The second-order valence-corrected chi connectivity index (χ2v) is 9.86. The Morgan fingerprint density at radius 2 is 2.16 bits per heavy atom. The highest BCUT2D eigenvalue weighted by Gasteiger charge is 2.29. The van der Waals surface area contributed by atoms with E-state index in [0.717, 1.165) is 42.6 Å². The summed E-state index contributed by atoms with van der Waals surface area (Å²) >= 11 is 0. The SMILES string of the molecule is CC1(C)CCc2c(-c3cc(NCc4cccnc4)nc(C(=O)NCC4CC4)c3)n[nH]c2C1. The minimum absolute atomic E-state index is 0.131. The van der Waals surface area contributed by atoms with Gasteiger partial charge in [-0.2, -0.15) is 5.10 Å². The van der Waals surface area contributed by atoms with Gasteiger partial charge in [-0.3, -0.25) is 14.9 Å². The topological polar surface area (TPSA) is 95.6 Å². The Labute approximate surface area is 188 Å². The summed E-state index contributed by atoms with van der Waals surface area (Å²) in [6, 6.07) is 7.78. The van der Waals surface area contributed by atoms with Gasteiger partial charge in [-0.15, -0.1) is 0 Å². The summed E-state index contributed by atoms with van der Waals surface area (Å²) < 4.78 is 0. The van der Waals surface area contributed by atoms with E-state index in [2.05, 4.69) is 44.6 Å². The first kappa shape index (κ1) is 20.7. The third-order valence-electron chi connectivity index (χ3n) is 6.44. The maximum Gasteiger partial charge on any atom is 0.270 e. The van der Waals surface area contributed by atoms with Gasteiger partial charge in [0.15, 0.2) is 0 Å². The molecule has 3 N–H and O–H groups in total. The van der Waals surface area contributed by atoms with Crippen LogP contribution in [0.2, 0.25) is 0 Å². The largest absolute Gasteiger partial charge is 0.366 e. The fraction of sp³-hybridized carbons (Fsp3) is 0.440. The number of anilines is 1. The van der Waals surface area contributed by atoms with Crippen LogP contribution < -0.4 is 10.6 Å². The zero-order valence-corrected chi connectivity index (χ0v) is 18.7. The predicted molar refractivity (Wildman–Crippen MR) is 124 cm³/mol. The first-order chi connectivity index (χ1) is 15.5. The van der Waals surface area contributed by atoms with Crippen LogP contribution in [0, 0.1) is 11.3 Å². The highest BCUT2D eigenvalue weighted by molar-refractivity contribution is 5.94. The third-order valence-corrected chi connectivity index (χ3v) is 6.44. The van der Waals surface area contributed by atoms with Crippen LogP contribution >= 0.6 is 0 Å². The van der Waals surface area contributed by atoms with Gasteiger partial charge in [0.25, 0.3) is 5.91 Å². The van der Waals surface area contributed by atoms with E-state index in [1.165, 1.54) is 24.1 Å². The molecule has 166 valence electrons. The first-order valence-electron chi connectivity index (χ1n) is 11.5. The highest BCUT2D eigenvalue weighted by atomic mass is 16.1. The van der Waals surface area contributed by atoms with Crippen LogP contribution in [0.25, 0.3) is 11.3 Å². The molecule has 5 rings (SSSR count). The lowest BCUT2D eigenvalue weighted by Gasteiger charge is -2.29. The van der Waals surface area contributed by atoms with E-state index in [1.54, 1.807) is 6.20 Å². The lowest BCUT2D eigenvalue weighted by Crippen LogP contribution is -2.26. The van der Waals surface area contributed by atoms with Crippen molar-refractivity contribution in [2.75, 3.05) is 11.9 Å². The number of aromatic amines is 1. The van der Waals surface area contributed by atoms with Crippen molar-refractivity contribution < 1.29 is 4.79 Å². The molecule has 0 atom stereocenters. The van der Waals surface area contributed by atoms with E-state index in [1.807, 2.05) is 30.5 Å². The van der Waals surface area contributed by atoms with Gasteiger partial charge in [-0.25, -0.2) is 4.98 Å². The monoisotopic (exact) mass is 430 g/mol. The van der Waals surface area contributed by atoms with Gasteiger partial charge >= 0.3 is 0 Å². The molecule has 0 saturated heterocycles. The van der Waals surface area contributed by atoms with E-state index >= 15 is 0 Å². The van der Waals surface area contributed by atoms with Crippen LogP contribution in [-0.2, 0) is 19.4 Å². The van der Waals surface area contributed by atoms with Gasteiger partial charge in [0.2, 0.25) is 0 Å². The zero-order chi connectivity index (χ0) is 22.1. The number of rotatable bonds is 7. The predicted octanol–water partition coefficient (Wildman–Crippen LogP) is 4.13. The van der Waals surface area contributed by atoms with Crippen LogP contribution in [-0.4, -0.2) is 32.6 Å². The Balaban J connectivity index is 1.45. The Bertz CT molecular complexity index is 1120. The highest BCUT2D eigenvalue weighted by Crippen LogP contribution is 2.38. The van der Waals surface area contributed by atoms with Crippen molar-refractivity contribution in [2.24, 2.45) is 11.3 Å². The smallest absolute Gasteiger partial charge is 0.270 e. The van der Waals surface area contributed by atoms with E-state index < -0.39 is 0 Å². The van der Waals surface area contributed by atoms with Gasteiger partial charge in [-0.05, 0) is 67.2 Å². The average molecular weight is 431 g/mol. The van der Waals surface area contributed by atoms with Crippen LogP contribution in [0.3, 0.4) is 0 Å². The van der Waals surface area contributed by atoms with Crippen molar-refractivity contribution in [3.05, 3.63) is 59.2 Å². The number of carbonyl (C=O) groups is 1. The van der Waals surface area contributed by atoms with Crippen molar-refractivity contribution in [2.45, 2.75) is 52.5 Å². The number of nitrogens with zero attached hydrogens (tertiary/aromatic N) is 3. The molecule has 3 aromatic rings. The number of hydrogen-bond donors (Lipinski definition) is 3. The Morgan fingerprint density at radius 3 is 2.94 bits per heavy atom. The number of amides is 1. The molecular weight excluding hydrogens is 400 g/mol. The number of hydrogen-bond acceptors (Lipinski definition) is 5. The molecule has 0 spiro atoms. The average Bonchev–Trinajstić information content (AvgIpc) is 3.54. The van der Waals surface area contributed by atoms with Crippen LogP contribution in [0.5, 0.6) is 0 Å². The van der Waals surface area contributed by atoms with Gasteiger partial charge < -0.3 is 10.6 Å². The fourth-order valence-corrected chi connectivity index (χ4v) is 4.30. The quantitative estimate of drug-likeness (QED) is 0.524. The zero-order valence-electron chi connectivity index (χ0n) is 18.7. The molecular formula is C25H30N6O. The van der Waals surface area contributed by atoms with Crippen molar-refractivity contribution in [3.8, 4) is 11.3 Å². The third kappa shape index (κ3) is 4.66. The Kier molecular flexibility index (Phi) is 5.41. The summed E-state index contributed by atoms with van der Waals surface area (Å²) in [7, 11) is 0. The van der Waals surface area contributed by atoms with E-state index in [9.17, 15) is 4.79 Å². The second-order valence-electron chi connectivity index (χ2n) is 9.86. The first-order valence-corrected chi connectivity index (χ1v) is 11.5. The van der Waals surface area contributed by atoms with Crippen LogP contribution in [0.4, 0.5) is 5.82 Å². The van der Waals surface area contributed by atoms with Crippen molar-refractivity contribution in [1.82, 2.24) is 25.5 Å². The molecule has 2 aliphatic rings. The summed E-state index contributed by atoms with van der Waals surface area (Å²) in [6.07, 6.45) is 9.07. The minimum atomic E-state index is -0.131. The minimum Gasteiger partial charge on any atom is -0.366 e. The van der Waals surface area contributed by atoms with Gasteiger partial charge in [0.05, 0.1) is 5.69 Å². The maximum atomic E-state index is 12.9. The molecule has 0 aliphatic heterocycles. The molecule has 2 aliphatic carbocycles. The van der Waals surface area contributed by atoms with Gasteiger partial charge in [0.1, 0.15) is 11.5 Å². The lowest BCUT2D eigenvalue weighted by atomic mass is 9.76. The molecule has 0 bridgehead atoms. The number of carbonyl (C=O) groups excluding carboxylic acids is 1. The van der Waals surface area contributed by atoms with Crippen molar-refractivity contribution >= 4 is 11.7 Å². The lowest BCUT2D eigenvalue weighted by molar-refractivity contribution is 0.0947. The molecule has 1 fully saturated rings. The standard InChI is InChI=1S/C25H30N6O/c1-25(2)8-7-19-21(12-25)30-31-23(19)18-10-20(24(32)28-14-16-5-6-16)29-22(11-18)27-15-17-4-3-9-26-13-17/h3-4,9-11,13,16H,5-8,12,14-15H2,1-2H3,(H,27,29)(H,28,32)(H,30,31). The fourth-order valence-electron chi connectivity index (χ4n) is 4.30. The molecule has 1 amide bonds. The number of aromatic nitrogens is 4. The molecule has 0 aromatic carbocycles. The molecule has 7 heteroatoms. The van der Waals surface area contributed by atoms with Crippen LogP contribution in [0.15, 0.2) is 36.7 Å². The molecule has 32 heavy (non-hydrogen) atoms. The molecule has 0 unspecified atom stereocenters. The second kappa shape index (κ2) is 8.37. The summed E-state index contributed by atoms with van der Waals surface area (Å²) in [6.45, 7) is 5.90. The molecule has 3 heterocycles. The van der Waals surface area contributed by atoms with Crippen molar-refractivity contribution in [1.29, 1.82) is 0 Å². The summed E-state index contributed by atoms with van der Waals surface area (Å²) in [4.78, 5) is 21.6. The van der Waals surface area contributed by atoms with E-state index in [0.29, 0.717) is 24.0 Å². The number of pyridine rings is 2. The van der Waals surface area contributed by atoms with Crippen molar-refractivity contribution in [3.63, 3.8) is 0 Å². The maximum absolute atomic E-state index is 12.9. The van der Waals surface area contributed by atoms with Gasteiger partial charge in [0, 0.05) is 42.3 Å². The normalized spacial score (nSPS) is 16.9. The summed E-state index contributed by atoms with van der Waals surface area (Å²) in [5.74, 6) is 1.15. The molecule has 7 nitrogen and oxygen atoms in total. The van der Waals surface area contributed by atoms with E-state index in [4.69, 9.17) is 0 Å². The van der Waals surface area contributed by atoms with Crippen LogP contribution in [0.1, 0.15) is 60.4 Å². The Morgan fingerprint density at radius 1 is 1.28 bits per heavy atom. The molecule has 1 saturated carbocycles. The number of H-pyrrole nitrogens is 1. The summed E-state index contributed by atoms with van der Waals surface area (Å²) in [5, 5.41) is 14.3. The number of nitrogens with one attached hydrogen (secondary N) is 3.